The fourth-order valence-electron chi connectivity index (χ4n) is 4.32. The molecule has 0 aliphatic carbocycles. The number of fused-ring (bicyclic) bond motifs is 1. The predicted molar refractivity (Wildman–Crippen MR) is 134 cm³/mol. The molecule has 6 nitrogen and oxygen atoms in total. The second-order valence-electron chi connectivity index (χ2n) is 8.35. The van der Waals surface area contributed by atoms with Gasteiger partial charge in [0.25, 0.3) is 0 Å². The number of urea groups is 1. The third kappa shape index (κ3) is 4.39. The molecule has 1 atom stereocenters. The highest BCUT2D eigenvalue weighted by Gasteiger charge is 2.29. The zero-order valence-corrected chi connectivity index (χ0v) is 19.3. The van der Waals surface area contributed by atoms with E-state index in [4.69, 9.17) is 11.6 Å². The number of hydrogen-bond acceptors (Lipinski definition) is 4. The maximum absolute atomic E-state index is 13.4. The number of nitrogens with zero attached hydrogens (tertiary/aromatic N) is 4. The molecule has 1 saturated heterocycles. The molecular weight excluding hydrogens is 453 g/mol. The minimum Gasteiger partial charge on any atom is -0.351 e. The van der Waals surface area contributed by atoms with Crippen LogP contribution in [0.5, 0.6) is 0 Å². The topological polar surface area (TPSA) is 61.4 Å². The van der Waals surface area contributed by atoms with Gasteiger partial charge in [0.05, 0.1) is 0 Å². The Labute approximate surface area is 202 Å². The molecule has 1 fully saturated rings. The Morgan fingerprint density at radius 2 is 1.68 bits per heavy atom. The lowest BCUT2D eigenvalue weighted by Gasteiger charge is -2.40. The Balaban J connectivity index is 1.37. The fourth-order valence-corrected chi connectivity index (χ4v) is 4.45. The number of aromatic nitrogens is 2. The van der Waals surface area contributed by atoms with Crippen molar-refractivity contribution in [3.63, 3.8) is 0 Å². The summed E-state index contributed by atoms with van der Waals surface area (Å²) in [6, 6.07) is 21.1. The smallest absolute Gasteiger partial charge is 0.322 e. The molecule has 3 aromatic carbocycles. The van der Waals surface area contributed by atoms with Crippen LogP contribution in [0.2, 0.25) is 5.02 Å². The summed E-state index contributed by atoms with van der Waals surface area (Å²) in [6.07, 6.45) is 0. The number of hydrogen-bond donors (Lipinski definition) is 1. The van der Waals surface area contributed by atoms with Gasteiger partial charge >= 0.3 is 6.03 Å². The van der Waals surface area contributed by atoms with Crippen LogP contribution in [0.3, 0.4) is 0 Å². The summed E-state index contributed by atoms with van der Waals surface area (Å²) >= 11 is 5.93. The molecule has 2 heterocycles. The molecular formula is C26H23ClFN5O. The van der Waals surface area contributed by atoms with Gasteiger partial charge in [-0.05, 0) is 55.5 Å². The maximum Gasteiger partial charge on any atom is 0.322 e. The zero-order valence-electron chi connectivity index (χ0n) is 18.6. The third-order valence-electron chi connectivity index (χ3n) is 6.07. The summed E-state index contributed by atoms with van der Waals surface area (Å²) in [5.74, 6) is 0.496. The van der Waals surface area contributed by atoms with Gasteiger partial charge in [-0.3, -0.25) is 0 Å². The lowest BCUT2D eigenvalue weighted by molar-refractivity contribution is 0.184. The predicted octanol–water partition coefficient (Wildman–Crippen LogP) is 5.83. The van der Waals surface area contributed by atoms with Crippen molar-refractivity contribution in [1.82, 2.24) is 15.1 Å². The lowest BCUT2D eigenvalue weighted by atomic mass is 10.0. The summed E-state index contributed by atoms with van der Waals surface area (Å²) in [7, 11) is 0. The second kappa shape index (κ2) is 9.27. The van der Waals surface area contributed by atoms with Crippen molar-refractivity contribution in [2.45, 2.75) is 13.0 Å². The zero-order chi connectivity index (χ0) is 23.7. The fraction of sp³-hybridized carbons (Fsp3) is 0.192. The molecule has 34 heavy (non-hydrogen) atoms. The van der Waals surface area contributed by atoms with Crippen LogP contribution in [0.15, 0.2) is 72.8 Å². The van der Waals surface area contributed by atoms with Crippen molar-refractivity contribution < 1.29 is 9.18 Å². The summed E-state index contributed by atoms with van der Waals surface area (Å²) < 4.78 is 13.4. The van der Waals surface area contributed by atoms with Crippen molar-refractivity contribution in [1.29, 1.82) is 0 Å². The molecule has 1 aromatic heterocycles. The van der Waals surface area contributed by atoms with Crippen LogP contribution in [0.25, 0.3) is 22.0 Å². The first-order chi connectivity index (χ1) is 16.5. The van der Waals surface area contributed by atoms with E-state index in [1.54, 1.807) is 36.4 Å². The van der Waals surface area contributed by atoms with E-state index < -0.39 is 0 Å². The van der Waals surface area contributed by atoms with E-state index in [1.807, 2.05) is 36.1 Å². The van der Waals surface area contributed by atoms with Crippen LogP contribution >= 0.6 is 11.6 Å². The molecule has 8 heteroatoms. The van der Waals surface area contributed by atoms with E-state index in [2.05, 4.69) is 20.4 Å². The van der Waals surface area contributed by atoms with Crippen LogP contribution in [0, 0.1) is 5.82 Å². The number of carbonyl (C=O) groups is 1. The van der Waals surface area contributed by atoms with E-state index >= 15 is 0 Å². The van der Waals surface area contributed by atoms with Gasteiger partial charge in [0, 0.05) is 52.7 Å². The normalized spacial score (nSPS) is 16.0. The van der Waals surface area contributed by atoms with Gasteiger partial charge in [-0.2, -0.15) is 0 Å². The van der Waals surface area contributed by atoms with Crippen molar-refractivity contribution in [3.05, 3.63) is 83.6 Å². The van der Waals surface area contributed by atoms with Crippen molar-refractivity contribution in [3.8, 4) is 11.3 Å². The number of carbonyl (C=O) groups excluding carboxylic acids is 1. The Morgan fingerprint density at radius 3 is 2.38 bits per heavy atom. The first kappa shape index (κ1) is 22.1. The minimum atomic E-state index is -0.287. The number of anilines is 2. The molecule has 2 amide bonds. The SMILES string of the molecule is CC1CN(c2nnc(-c3ccc(F)cc3)c3ccccc23)CCN1C(=O)Nc1ccc(Cl)cc1. The number of benzene rings is 3. The van der Waals surface area contributed by atoms with Crippen molar-refractivity contribution in [2.24, 2.45) is 0 Å². The van der Waals surface area contributed by atoms with Gasteiger partial charge in [0.15, 0.2) is 5.82 Å². The highest BCUT2D eigenvalue weighted by atomic mass is 35.5. The molecule has 0 spiro atoms. The van der Waals surface area contributed by atoms with E-state index in [-0.39, 0.29) is 17.9 Å². The highest BCUT2D eigenvalue weighted by Crippen LogP contribution is 2.32. The average molecular weight is 476 g/mol. The minimum absolute atomic E-state index is 0.0293. The number of piperazine rings is 1. The molecule has 1 unspecified atom stereocenters. The molecule has 1 N–H and O–H groups in total. The van der Waals surface area contributed by atoms with Crippen LogP contribution in [0.4, 0.5) is 20.7 Å². The number of nitrogens with one attached hydrogen (secondary N) is 1. The second-order valence-corrected chi connectivity index (χ2v) is 8.79. The van der Waals surface area contributed by atoms with Crippen LogP contribution in [0.1, 0.15) is 6.92 Å². The van der Waals surface area contributed by atoms with Crippen LogP contribution < -0.4 is 10.2 Å². The van der Waals surface area contributed by atoms with Crippen molar-refractivity contribution >= 4 is 39.9 Å². The van der Waals surface area contributed by atoms with Crippen LogP contribution in [-0.2, 0) is 0 Å². The summed E-state index contributed by atoms with van der Waals surface area (Å²) in [5.41, 5.74) is 2.24. The average Bonchev–Trinajstić information content (AvgIpc) is 2.85. The Bertz CT molecular complexity index is 1330. The molecule has 0 bridgehead atoms. The van der Waals surface area contributed by atoms with Gasteiger partial charge in [0.1, 0.15) is 11.5 Å². The molecule has 172 valence electrons. The largest absolute Gasteiger partial charge is 0.351 e. The van der Waals surface area contributed by atoms with E-state index in [9.17, 15) is 9.18 Å². The van der Waals surface area contributed by atoms with Crippen molar-refractivity contribution in [2.75, 3.05) is 29.9 Å². The molecule has 0 radical (unpaired) electrons. The molecule has 1 aliphatic heterocycles. The van der Waals surface area contributed by atoms with Gasteiger partial charge in [0.2, 0.25) is 0 Å². The van der Waals surface area contributed by atoms with Gasteiger partial charge < -0.3 is 15.1 Å². The first-order valence-electron chi connectivity index (χ1n) is 11.1. The van der Waals surface area contributed by atoms with Gasteiger partial charge in [-0.1, -0.05) is 35.9 Å². The van der Waals surface area contributed by atoms with E-state index in [0.29, 0.717) is 36.0 Å². The molecule has 0 saturated carbocycles. The first-order valence-corrected chi connectivity index (χ1v) is 11.5. The summed E-state index contributed by atoms with van der Waals surface area (Å²) in [5, 5.41) is 14.6. The quantitative estimate of drug-likeness (QED) is 0.405. The Morgan fingerprint density at radius 1 is 0.971 bits per heavy atom. The Hall–Kier alpha value is -3.71. The molecule has 1 aliphatic rings. The van der Waals surface area contributed by atoms with Gasteiger partial charge in [-0.25, -0.2) is 9.18 Å². The third-order valence-corrected chi connectivity index (χ3v) is 6.32. The standard InChI is InChI=1S/C26H23ClFN5O/c1-17-16-32(14-15-33(17)26(34)29-21-12-8-19(27)9-13-21)25-23-5-3-2-4-22(23)24(30-31-25)18-6-10-20(28)11-7-18/h2-13,17H,14-16H2,1H3,(H,29,34). The maximum atomic E-state index is 13.4. The van der Waals surface area contributed by atoms with E-state index in [1.165, 1.54) is 12.1 Å². The number of rotatable bonds is 3. The highest BCUT2D eigenvalue weighted by molar-refractivity contribution is 6.30. The molecule has 4 aromatic rings. The number of halogens is 2. The van der Waals surface area contributed by atoms with Crippen LogP contribution in [-0.4, -0.2) is 46.8 Å². The lowest BCUT2D eigenvalue weighted by Crippen LogP contribution is -2.55. The molecule has 5 rings (SSSR count). The number of amides is 2. The summed E-state index contributed by atoms with van der Waals surface area (Å²) in [4.78, 5) is 16.8. The summed E-state index contributed by atoms with van der Waals surface area (Å²) in [6.45, 7) is 3.84. The van der Waals surface area contributed by atoms with E-state index in [0.717, 1.165) is 22.2 Å². The monoisotopic (exact) mass is 475 g/mol. The Kier molecular flexibility index (Phi) is 6.02. The van der Waals surface area contributed by atoms with Gasteiger partial charge in [-0.15, -0.1) is 10.2 Å².